The van der Waals surface area contributed by atoms with Crippen molar-refractivity contribution in [3.63, 3.8) is 0 Å². The molecule has 6 heteroatoms. The van der Waals surface area contributed by atoms with E-state index in [1.807, 2.05) is 0 Å². The molecule has 4 rings (SSSR count). The summed E-state index contributed by atoms with van der Waals surface area (Å²) in [4.78, 5) is 21.9. The fourth-order valence-corrected chi connectivity index (χ4v) is 3.87. The Kier molecular flexibility index (Phi) is 3.14. The summed E-state index contributed by atoms with van der Waals surface area (Å²) in [5.74, 6) is -0.285. The Bertz CT molecular complexity index is 714. The summed E-state index contributed by atoms with van der Waals surface area (Å²) in [6, 6.07) is 5.64. The van der Waals surface area contributed by atoms with Gasteiger partial charge in [0.1, 0.15) is 5.82 Å². The van der Waals surface area contributed by atoms with E-state index in [4.69, 9.17) is 0 Å². The highest BCUT2D eigenvalue weighted by molar-refractivity contribution is 5.94. The number of hydrogen-bond donors (Lipinski definition) is 2. The summed E-state index contributed by atoms with van der Waals surface area (Å²) in [6.45, 7) is 0. The van der Waals surface area contributed by atoms with Gasteiger partial charge in [0.25, 0.3) is 5.91 Å². The van der Waals surface area contributed by atoms with Gasteiger partial charge in [-0.25, -0.2) is 9.37 Å². The first-order chi connectivity index (χ1) is 10.6. The summed E-state index contributed by atoms with van der Waals surface area (Å²) in [7, 11) is 2.17. The van der Waals surface area contributed by atoms with Gasteiger partial charge in [0.15, 0.2) is 5.82 Å². The molecular weight excluding hydrogens is 283 g/mol. The van der Waals surface area contributed by atoms with Crippen molar-refractivity contribution < 1.29 is 9.18 Å². The zero-order valence-electron chi connectivity index (χ0n) is 12.5. The zero-order valence-corrected chi connectivity index (χ0v) is 12.5. The van der Waals surface area contributed by atoms with Gasteiger partial charge in [0, 0.05) is 18.1 Å². The van der Waals surface area contributed by atoms with Crippen molar-refractivity contribution in [2.24, 2.45) is 0 Å². The molecule has 2 fully saturated rings. The Labute approximate surface area is 127 Å². The van der Waals surface area contributed by atoms with Gasteiger partial charge in [0.2, 0.25) is 0 Å². The zero-order chi connectivity index (χ0) is 15.3. The fraction of sp³-hybridized carbons (Fsp3) is 0.500. The second-order valence-electron chi connectivity index (χ2n) is 6.44. The number of amides is 1. The molecule has 1 aromatic heterocycles. The molecule has 0 radical (unpaired) electrons. The topological polar surface area (TPSA) is 61.0 Å². The van der Waals surface area contributed by atoms with E-state index in [-0.39, 0.29) is 23.6 Å². The quantitative estimate of drug-likeness (QED) is 0.892. The highest BCUT2D eigenvalue weighted by atomic mass is 19.1. The summed E-state index contributed by atoms with van der Waals surface area (Å²) in [5, 5.41) is 3.08. The van der Waals surface area contributed by atoms with Crippen molar-refractivity contribution in [2.45, 2.75) is 43.8 Å². The van der Waals surface area contributed by atoms with Crippen molar-refractivity contribution >= 4 is 16.9 Å². The SMILES string of the molecule is CN1[C@@H]2CC[C@H]1CC(NC(=O)c1nc3ccc(F)cc3[nH]1)C2. The van der Waals surface area contributed by atoms with Crippen LogP contribution in [0.3, 0.4) is 0 Å². The maximum Gasteiger partial charge on any atom is 0.287 e. The molecule has 0 saturated carbocycles. The van der Waals surface area contributed by atoms with E-state index in [0.29, 0.717) is 23.1 Å². The molecule has 22 heavy (non-hydrogen) atoms. The summed E-state index contributed by atoms with van der Waals surface area (Å²) < 4.78 is 13.2. The van der Waals surface area contributed by atoms with E-state index >= 15 is 0 Å². The van der Waals surface area contributed by atoms with Crippen LogP contribution in [0.4, 0.5) is 4.39 Å². The molecule has 1 aromatic carbocycles. The Morgan fingerprint density at radius 2 is 2.09 bits per heavy atom. The van der Waals surface area contributed by atoms with Gasteiger partial charge >= 0.3 is 0 Å². The standard InChI is InChI=1S/C16H19FN4O/c1-21-11-3-4-12(21)8-10(7-11)18-16(22)15-19-13-5-2-9(17)6-14(13)20-15/h2,5-6,10-12H,3-4,7-8H2,1H3,(H,18,22)(H,19,20)/t10?,11-,12+. The molecule has 2 N–H and O–H groups in total. The Morgan fingerprint density at radius 3 is 2.82 bits per heavy atom. The molecule has 2 saturated heterocycles. The minimum absolute atomic E-state index is 0.200. The van der Waals surface area contributed by atoms with Crippen molar-refractivity contribution in [2.75, 3.05) is 7.05 Å². The largest absolute Gasteiger partial charge is 0.347 e. The second kappa shape index (κ2) is 5.05. The van der Waals surface area contributed by atoms with Crippen LogP contribution in [0.15, 0.2) is 18.2 Å². The number of rotatable bonds is 2. The second-order valence-corrected chi connectivity index (χ2v) is 6.44. The lowest BCUT2D eigenvalue weighted by molar-refractivity contribution is 0.0873. The molecule has 5 nitrogen and oxygen atoms in total. The first-order valence-corrected chi connectivity index (χ1v) is 7.78. The molecule has 1 amide bonds. The van der Waals surface area contributed by atoms with E-state index < -0.39 is 0 Å². The van der Waals surface area contributed by atoms with Crippen LogP contribution < -0.4 is 5.32 Å². The third kappa shape index (κ3) is 2.27. The van der Waals surface area contributed by atoms with Crippen LogP contribution >= 0.6 is 0 Å². The van der Waals surface area contributed by atoms with Crippen LogP contribution in [0.5, 0.6) is 0 Å². The minimum atomic E-state index is -0.338. The Morgan fingerprint density at radius 1 is 1.36 bits per heavy atom. The lowest BCUT2D eigenvalue weighted by atomic mass is 9.98. The third-order valence-corrected chi connectivity index (χ3v) is 5.09. The van der Waals surface area contributed by atoms with Crippen molar-refractivity contribution in [1.29, 1.82) is 0 Å². The number of carbonyl (C=O) groups excluding carboxylic acids is 1. The number of aromatic amines is 1. The van der Waals surface area contributed by atoms with E-state index in [2.05, 4.69) is 27.2 Å². The Balaban J connectivity index is 1.49. The van der Waals surface area contributed by atoms with Crippen molar-refractivity contribution in [3.8, 4) is 0 Å². The van der Waals surface area contributed by atoms with Gasteiger partial charge in [-0.3, -0.25) is 4.79 Å². The first kappa shape index (κ1) is 13.7. The lowest BCUT2D eigenvalue weighted by Crippen LogP contribution is -2.48. The average molecular weight is 302 g/mol. The van der Waals surface area contributed by atoms with Crippen LogP contribution in [-0.2, 0) is 0 Å². The maximum absolute atomic E-state index is 13.2. The number of nitrogens with one attached hydrogen (secondary N) is 2. The number of halogens is 1. The molecule has 3 heterocycles. The third-order valence-electron chi connectivity index (χ3n) is 5.09. The number of aromatic nitrogens is 2. The molecule has 0 aliphatic carbocycles. The van der Waals surface area contributed by atoms with Gasteiger partial charge in [0.05, 0.1) is 11.0 Å². The predicted octanol–water partition coefficient (Wildman–Crippen LogP) is 2.06. The van der Waals surface area contributed by atoms with Crippen molar-refractivity contribution in [3.05, 3.63) is 29.8 Å². The van der Waals surface area contributed by atoms with Gasteiger partial charge < -0.3 is 15.2 Å². The number of piperidine rings is 1. The lowest BCUT2D eigenvalue weighted by Gasteiger charge is -2.36. The molecular formula is C16H19FN4O. The number of carbonyl (C=O) groups is 1. The molecule has 2 aromatic rings. The van der Waals surface area contributed by atoms with Crippen LogP contribution in [0, 0.1) is 5.82 Å². The normalized spacial score (nSPS) is 28.2. The van der Waals surface area contributed by atoms with E-state index in [9.17, 15) is 9.18 Å². The van der Waals surface area contributed by atoms with E-state index in [1.54, 1.807) is 6.07 Å². The van der Waals surface area contributed by atoms with Gasteiger partial charge in [-0.1, -0.05) is 0 Å². The summed E-state index contributed by atoms with van der Waals surface area (Å²) in [6.07, 6.45) is 4.43. The summed E-state index contributed by atoms with van der Waals surface area (Å²) >= 11 is 0. The molecule has 0 spiro atoms. The Hall–Kier alpha value is -1.95. The monoisotopic (exact) mass is 302 g/mol. The smallest absolute Gasteiger partial charge is 0.287 e. The van der Waals surface area contributed by atoms with Gasteiger partial charge in [-0.2, -0.15) is 0 Å². The highest BCUT2D eigenvalue weighted by Crippen LogP contribution is 2.34. The molecule has 2 aliphatic rings. The number of imidazole rings is 1. The maximum atomic E-state index is 13.2. The van der Waals surface area contributed by atoms with Crippen molar-refractivity contribution in [1.82, 2.24) is 20.2 Å². The van der Waals surface area contributed by atoms with E-state index in [0.717, 1.165) is 12.8 Å². The highest BCUT2D eigenvalue weighted by Gasteiger charge is 2.39. The van der Waals surface area contributed by atoms with Crippen LogP contribution in [0.1, 0.15) is 36.3 Å². The molecule has 2 aliphatic heterocycles. The van der Waals surface area contributed by atoms with Crippen LogP contribution in [0.2, 0.25) is 0 Å². The number of benzene rings is 1. The minimum Gasteiger partial charge on any atom is -0.347 e. The molecule has 116 valence electrons. The predicted molar refractivity (Wildman–Crippen MR) is 81.1 cm³/mol. The van der Waals surface area contributed by atoms with Crippen LogP contribution in [0.25, 0.3) is 11.0 Å². The molecule has 2 bridgehead atoms. The molecule has 1 unspecified atom stereocenters. The first-order valence-electron chi connectivity index (χ1n) is 7.78. The molecule has 3 atom stereocenters. The summed E-state index contributed by atoms with van der Waals surface area (Å²) in [5.41, 5.74) is 1.16. The average Bonchev–Trinajstić information content (AvgIpc) is 2.97. The van der Waals surface area contributed by atoms with Gasteiger partial charge in [-0.05, 0) is 50.9 Å². The van der Waals surface area contributed by atoms with Gasteiger partial charge in [-0.15, -0.1) is 0 Å². The number of fused-ring (bicyclic) bond motifs is 3. The van der Waals surface area contributed by atoms with Crippen LogP contribution in [-0.4, -0.2) is 45.9 Å². The number of nitrogens with zero attached hydrogens (tertiary/aromatic N) is 2. The number of hydrogen-bond acceptors (Lipinski definition) is 3. The van der Waals surface area contributed by atoms with E-state index in [1.165, 1.54) is 25.0 Å². The number of H-pyrrole nitrogens is 1. The fourth-order valence-electron chi connectivity index (χ4n) is 3.87.